The third-order valence-corrected chi connectivity index (χ3v) is 3.02. The predicted octanol–water partition coefficient (Wildman–Crippen LogP) is 2.97. The monoisotopic (exact) mass is 258 g/mol. The normalized spacial score (nSPS) is 10.5. The molecule has 19 heavy (non-hydrogen) atoms. The van der Waals surface area contributed by atoms with Gasteiger partial charge in [0.05, 0.1) is 0 Å². The molecule has 0 radical (unpaired) electrons. The first-order chi connectivity index (χ1) is 9.19. The fourth-order valence-electron chi connectivity index (χ4n) is 1.91. The molecule has 0 amide bonds. The van der Waals surface area contributed by atoms with Gasteiger partial charge in [0.15, 0.2) is 0 Å². The van der Waals surface area contributed by atoms with Crippen molar-refractivity contribution in [2.24, 2.45) is 0 Å². The van der Waals surface area contributed by atoms with Crippen LogP contribution in [0, 0.1) is 0 Å². The summed E-state index contributed by atoms with van der Waals surface area (Å²) in [6, 6.07) is 10.6. The van der Waals surface area contributed by atoms with Crippen LogP contribution in [0.1, 0.15) is 18.9 Å². The van der Waals surface area contributed by atoms with Gasteiger partial charge < -0.3 is 10.2 Å². The van der Waals surface area contributed by atoms with Gasteiger partial charge in [0.1, 0.15) is 5.82 Å². The molecule has 2 aromatic rings. The highest BCUT2D eigenvalue weighted by molar-refractivity contribution is 5.46. The van der Waals surface area contributed by atoms with Crippen molar-refractivity contribution < 1.29 is 0 Å². The molecule has 0 aliphatic carbocycles. The fraction of sp³-hybridized carbons (Fsp3) is 0.400. The lowest BCUT2D eigenvalue weighted by Gasteiger charge is -2.12. The maximum atomic E-state index is 4.46. The van der Waals surface area contributed by atoms with Crippen LogP contribution in [-0.4, -0.2) is 23.9 Å². The molecule has 102 valence electrons. The maximum Gasteiger partial charge on any atom is 0.148 e. The second-order valence-corrected chi connectivity index (χ2v) is 4.88. The summed E-state index contributed by atoms with van der Waals surface area (Å²) < 4.78 is 1.97. The van der Waals surface area contributed by atoms with Crippen molar-refractivity contribution in [1.29, 1.82) is 0 Å². The van der Waals surface area contributed by atoms with E-state index in [1.54, 1.807) is 0 Å². The lowest BCUT2D eigenvalue weighted by molar-refractivity contribution is 0.604. The molecule has 4 heteroatoms. The Balaban J connectivity index is 1.90. The summed E-state index contributed by atoms with van der Waals surface area (Å²) in [6.07, 6.45) is 3.12. The molecular weight excluding hydrogens is 236 g/mol. The van der Waals surface area contributed by atoms with E-state index in [0.717, 1.165) is 25.3 Å². The molecule has 1 heterocycles. The van der Waals surface area contributed by atoms with Gasteiger partial charge in [-0.25, -0.2) is 0 Å². The Kier molecular flexibility index (Phi) is 4.44. The predicted molar refractivity (Wildman–Crippen MR) is 80.6 cm³/mol. The summed E-state index contributed by atoms with van der Waals surface area (Å²) in [5.41, 5.74) is 2.48. The Bertz CT molecular complexity index is 499. The van der Waals surface area contributed by atoms with Gasteiger partial charge in [-0.05, 0) is 24.1 Å². The number of aryl methyl sites for hydroxylation is 1. The number of rotatable bonds is 6. The van der Waals surface area contributed by atoms with Crippen molar-refractivity contribution in [2.45, 2.75) is 26.4 Å². The molecule has 0 unspecified atom stereocenters. The smallest absolute Gasteiger partial charge is 0.148 e. The second-order valence-electron chi connectivity index (χ2n) is 4.88. The highest BCUT2D eigenvalue weighted by atomic mass is 15.3. The van der Waals surface area contributed by atoms with Crippen molar-refractivity contribution in [3.63, 3.8) is 0 Å². The van der Waals surface area contributed by atoms with E-state index in [2.05, 4.69) is 46.5 Å². The zero-order valence-corrected chi connectivity index (χ0v) is 11.9. The summed E-state index contributed by atoms with van der Waals surface area (Å²) in [5.74, 6) is 0.935. The van der Waals surface area contributed by atoms with Gasteiger partial charge in [-0.1, -0.05) is 19.1 Å². The van der Waals surface area contributed by atoms with E-state index >= 15 is 0 Å². The number of aromatic nitrogens is 2. The van der Waals surface area contributed by atoms with Crippen LogP contribution in [0.4, 0.5) is 11.5 Å². The number of hydrogen-bond donors (Lipinski definition) is 1. The van der Waals surface area contributed by atoms with E-state index in [9.17, 15) is 0 Å². The Labute approximate surface area is 115 Å². The summed E-state index contributed by atoms with van der Waals surface area (Å²) in [5, 5.41) is 7.80. The number of anilines is 2. The lowest BCUT2D eigenvalue weighted by atomic mass is 10.2. The maximum absolute atomic E-state index is 4.46. The topological polar surface area (TPSA) is 33.1 Å². The van der Waals surface area contributed by atoms with E-state index in [-0.39, 0.29) is 0 Å². The highest BCUT2D eigenvalue weighted by Crippen LogP contribution is 2.13. The Morgan fingerprint density at radius 1 is 1.16 bits per heavy atom. The van der Waals surface area contributed by atoms with Crippen LogP contribution in [0.25, 0.3) is 0 Å². The van der Waals surface area contributed by atoms with E-state index < -0.39 is 0 Å². The Morgan fingerprint density at radius 2 is 1.89 bits per heavy atom. The minimum atomic E-state index is 0.802. The number of benzene rings is 1. The van der Waals surface area contributed by atoms with E-state index in [0.29, 0.717) is 0 Å². The first-order valence-corrected chi connectivity index (χ1v) is 6.72. The van der Waals surface area contributed by atoms with Crippen molar-refractivity contribution >= 4 is 11.5 Å². The second kappa shape index (κ2) is 6.27. The molecule has 0 bridgehead atoms. The quantitative estimate of drug-likeness (QED) is 0.864. The van der Waals surface area contributed by atoms with Crippen molar-refractivity contribution in [3.8, 4) is 0 Å². The standard InChI is InChI=1S/C15H22N4/c1-4-10-19-11-9-15(17-19)16-12-13-5-7-14(8-6-13)18(2)3/h5-9,11H,4,10,12H2,1-3H3,(H,16,17). The molecule has 1 N–H and O–H groups in total. The van der Waals surface area contributed by atoms with Crippen molar-refractivity contribution in [1.82, 2.24) is 9.78 Å². The van der Waals surface area contributed by atoms with Gasteiger partial charge in [0.25, 0.3) is 0 Å². The van der Waals surface area contributed by atoms with E-state index in [1.165, 1.54) is 11.3 Å². The van der Waals surface area contributed by atoms with Crippen LogP contribution < -0.4 is 10.2 Å². The zero-order valence-electron chi connectivity index (χ0n) is 11.9. The number of hydrogen-bond acceptors (Lipinski definition) is 3. The third kappa shape index (κ3) is 3.74. The molecule has 0 saturated heterocycles. The summed E-state index contributed by atoms with van der Waals surface area (Å²) >= 11 is 0. The first-order valence-electron chi connectivity index (χ1n) is 6.72. The Morgan fingerprint density at radius 3 is 2.53 bits per heavy atom. The number of nitrogens with one attached hydrogen (secondary N) is 1. The molecule has 1 aromatic carbocycles. The highest BCUT2D eigenvalue weighted by Gasteiger charge is 1.99. The SMILES string of the molecule is CCCn1ccc(NCc2ccc(N(C)C)cc2)n1. The van der Waals surface area contributed by atoms with Gasteiger partial charge in [-0.2, -0.15) is 5.10 Å². The molecule has 0 aliphatic rings. The summed E-state index contributed by atoms with van der Waals surface area (Å²) in [4.78, 5) is 2.10. The average molecular weight is 258 g/mol. The van der Waals surface area contributed by atoms with Crippen LogP contribution in [0.15, 0.2) is 36.5 Å². The van der Waals surface area contributed by atoms with Crippen LogP contribution in [0.5, 0.6) is 0 Å². The minimum absolute atomic E-state index is 0.802. The van der Waals surface area contributed by atoms with E-state index in [1.807, 2.05) is 31.0 Å². The summed E-state index contributed by atoms with van der Waals surface area (Å²) in [6.45, 7) is 3.93. The lowest BCUT2D eigenvalue weighted by Crippen LogP contribution is -2.08. The van der Waals surface area contributed by atoms with Crippen molar-refractivity contribution in [3.05, 3.63) is 42.1 Å². The molecule has 2 rings (SSSR count). The molecule has 1 aromatic heterocycles. The molecule has 0 fully saturated rings. The summed E-state index contributed by atoms with van der Waals surface area (Å²) in [7, 11) is 4.10. The third-order valence-electron chi connectivity index (χ3n) is 3.02. The van der Waals surface area contributed by atoms with Gasteiger partial charge in [0.2, 0.25) is 0 Å². The molecule has 0 saturated carbocycles. The van der Waals surface area contributed by atoms with Crippen LogP contribution >= 0.6 is 0 Å². The molecule has 0 aliphatic heterocycles. The van der Waals surface area contributed by atoms with Gasteiger partial charge >= 0.3 is 0 Å². The van der Waals surface area contributed by atoms with Crippen LogP contribution in [-0.2, 0) is 13.1 Å². The zero-order chi connectivity index (χ0) is 13.7. The number of nitrogens with zero attached hydrogens (tertiary/aromatic N) is 3. The van der Waals surface area contributed by atoms with E-state index in [4.69, 9.17) is 0 Å². The molecule has 0 atom stereocenters. The van der Waals surface area contributed by atoms with Crippen LogP contribution in [0.3, 0.4) is 0 Å². The van der Waals surface area contributed by atoms with Gasteiger partial charge in [-0.3, -0.25) is 4.68 Å². The Hall–Kier alpha value is -1.97. The molecule has 4 nitrogen and oxygen atoms in total. The molecular formula is C15H22N4. The van der Waals surface area contributed by atoms with Gasteiger partial charge in [0, 0.05) is 45.1 Å². The average Bonchev–Trinajstić information content (AvgIpc) is 2.85. The first kappa shape index (κ1) is 13.5. The van der Waals surface area contributed by atoms with Crippen LogP contribution in [0.2, 0.25) is 0 Å². The molecule has 0 spiro atoms. The minimum Gasteiger partial charge on any atom is -0.378 e. The largest absolute Gasteiger partial charge is 0.378 e. The van der Waals surface area contributed by atoms with Crippen molar-refractivity contribution in [2.75, 3.05) is 24.3 Å². The van der Waals surface area contributed by atoms with Gasteiger partial charge in [-0.15, -0.1) is 0 Å². The fourth-order valence-corrected chi connectivity index (χ4v) is 1.91.